The number of pyridine rings is 1. The fraction of sp³-hybridized carbons (Fsp3) is 0.300. The summed E-state index contributed by atoms with van der Waals surface area (Å²) < 4.78 is 2.23. The number of nitrogen functional groups attached to an aromatic ring is 1. The van der Waals surface area contributed by atoms with E-state index in [-0.39, 0.29) is 5.56 Å². The second kappa shape index (κ2) is 5.92. The number of carbonyl (C=O) groups is 1. The van der Waals surface area contributed by atoms with Crippen LogP contribution in [0.2, 0.25) is 0 Å². The lowest BCUT2D eigenvalue weighted by atomic mass is 9.94. The summed E-state index contributed by atoms with van der Waals surface area (Å²) in [5.74, 6) is -1.01. The van der Waals surface area contributed by atoms with Crippen LogP contribution < -0.4 is 5.73 Å². The average molecular weight is 335 g/mol. The summed E-state index contributed by atoms with van der Waals surface area (Å²) >= 11 is 0. The van der Waals surface area contributed by atoms with Gasteiger partial charge in [-0.1, -0.05) is 30.3 Å². The standard InChI is InChI=1S/C20H21N3O2/c1-12-16(20(24)25)18(21)17-14-9-5-6-10-15(14)23(19(17)22-12)11-13-7-3-2-4-8-13/h2-4,7-8H,5-6,9-11H2,1H3,(H2,21,22)(H,24,25). The van der Waals surface area contributed by atoms with Crippen LogP contribution in [0.5, 0.6) is 0 Å². The van der Waals surface area contributed by atoms with Gasteiger partial charge in [0.2, 0.25) is 0 Å². The summed E-state index contributed by atoms with van der Waals surface area (Å²) in [5, 5.41) is 10.4. The molecule has 0 spiro atoms. The number of carboxylic acid groups (broad SMARTS) is 1. The van der Waals surface area contributed by atoms with E-state index in [1.165, 1.54) is 16.8 Å². The largest absolute Gasteiger partial charge is 0.478 e. The van der Waals surface area contributed by atoms with Gasteiger partial charge in [0, 0.05) is 17.6 Å². The number of fused-ring (bicyclic) bond motifs is 3. The molecule has 1 aliphatic rings. The molecule has 1 aromatic carbocycles. The van der Waals surface area contributed by atoms with Crippen LogP contribution in [0, 0.1) is 6.92 Å². The van der Waals surface area contributed by atoms with Gasteiger partial charge >= 0.3 is 5.97 Å². The van der Waals surface area contributed by atoms with E-state index in [2.05, 4.69) is 21.7 Å². The third-order valence-corrected chi connectivity index (χ3v) is 5.12. The van der Waals surface area contributed by atoms with Crippen molar-refractivity contribution in [3.05, 3.63) is 58.4 Å². The number of nitrogens with two attached hydrogens (primary N) is 1. The highest BCUT2D eigenvalue weighted by molar-refractivity contribution is 6.05. The Kier molecular flexibility index (Phi) is 3.71. The third-order valence-electron chi connectivity index (χ3n) is 5.12. The molecular weight excluding hydrogens is 314 g/mol. The zero-order valence-corrected chi connectivity index (χ0v) is 14.2. The van der Waals surface area contributed by atoms with Gasteiger partial charge in [-0.05, 0) is 43.7 Å². The van der Waals surface area contributed by atoms with Crippen molar-refractivity contribution >= 4 is 22.7 Å². The Morgan fingerprint density at radius 1 is 1.24 bits per heavy atom. The van der Waals surface area contributed by atoms with Crippen LogP contribution >= 0.6 is 0 Å². The molecule has 0 saturated heterocycles. The lowest BCUT2D eigenvalue weighted by Crippen LogP contribution is -2.10. The molecule has 3 N–H and O–H groups in total. The number of aromatic carboxylic acids is 1. The summed E-state index contributed by atoms with van der Waals surface area (Å²) in [4.78, 5) is 16.3. The van der Waals surface area contributed by atoms with Gasteiger partial charge in [0.1, 0.15) is 11.2 Å². The molecule has 0 saturated carbocycles. The van der Waals surface area contributed by atoms with Crippen molar-refractivity contribution in [1.82, 2.24) is 9.55 Å². The van der Waals surface area contributed by atoms with Gasteiger partial charge in [0.05, 0.1) is 11.4 Å². The van der Waals surface area contributed by atoms with Crippen LogP contribution in [-0.4, -0.2) is 20.6 Å². The smallest absolute Gasteiger partial charge is 0.339 e. The van der Waals surface area contributed by atoms with Crippen molar-refractivity contribution in [2.24, 2.45) is 0 Å². The minimum absolute atomic E-state index is 0.137. The minimum atomic E-state index is -1.01. The Morgan fingerprint density at radius 3 is 2.68 bits per heavy atom. The summed E-state index contributed by atoms with van der Waals surface area (Å²) in [5.41, 5.74) is 11.7. The van der Waals surface area contributed by atoms with Gasteiger partial charge in [-0.25, -0.2) is 9.78 Å². The number of benzene rings is 1. The molecule has 0 bridgehead atoms. The molecule has 0 unspecified atom stereocenters. The van der Waals surface area contributed by atoms with Crippen LogP contribution in [0.25, 0.3) is 11.0 Å². The van der Waals surface area contributed by atoms with Crippen molar-refractivity contribution in [1.29, 1.82) is 0 Å². The first-order chi connectivity index (χ1) is 12.1. The maximum Gasteiger partial charge on any atom is 0.339 e. The van der Waals surface area contributed by atoms with Gasteiger partial charge in [-0.3, -0.25) is 0 Å². The quantitative estimate of drug-likeness (QED) is 0.767. The maximum absolute atomic E-state index is 11.6. The molecule has 4 rings (SSSR count). The van der Waals surface area contributed by atoms with Crippen LogP contribution in [-0.2, 0) is 19.4 Å². The first kappa shape index (κ1) is 15.7. The molecular formula is C20H21N3O2. The zero-order chi connectivity index (χ0) is 17.6. The summed E-state index contributed by atoms with van der Waals surface area (Å²) in [6, 6.07) is 10.3. The van der Waals surface area contributed by atoms with Crippen LogP contribution in [0.3, 0.4) is 0 Å². The highest BCUT2D eigenvalue weighted by Crippen LogP contribution is 2.37. The first-order valence-corrected chi connectivity index (χ1v) is 8.65. The van der Waals surface area contributed by atoms with Gasteiger partial charge in [0.25, 0.3) is 0 Å². The second-order valence-electron chi connectivity index (χ2n) is 6.69. The van der Waals surface area contributed by atoms with E-state index in [0.29, 0.717) is 11.4 Å². The fourth-order valence-corrected chi connectivity index (χ4v) is 3.99. The van der Waals surface area contributed by atoms with E-state index < -0.39 is 5.97 Å². The van der Waals surface area contributed by atoms with E-state index in [4.69, 9.17) is 5.73 Å². The highest BCUT2D eigenvalue weighted by Gasteiger charge is 2.26. The molecule has 1 aliphatic carbocycles. The lowest BCUT2D eigenvalue weighted by molar-refractivity contribution is 0.0697. The lowest BCUT2D eigenvalue weighted by Gasteiger charge is -2.15. The average Bonchev–Trinajstić information content (AvgIpc) is 2.89. The zero-order valence-electron chi connectivity index (χ0n) is 14.2. The predicted molar refractivity (Wildman–Crippen MR) is 98.0 cm³/mol. The Bertz CT molecular complexity index is 974. The number of nitrogens with zero attached hydrogens (tertiary/aromatic N) is 2. The van der Waals surface area contributed by atoms with E-state index in [0.717, 1.165) is 43.3 Å². The van der Waals surface area contributed by atoms with Crippen LogP contribution in [0.1, 0.15) is 45.7 Å². The van der Waals surface area contributed by atoms with Crippen molar-refractivity contribution < 1.29 is 9.90 Å². The SMILES string of the molecule is Cc1nc2c(c(N)c1C(=O)O)c1c(n2Cc2ccccc2)CCCC1. The summed E-state index contributed by atoms with van der Waals surface area (Å²) in [6.45, 7) is 2.45. The van der Waals surface area contributed by atoms with Crippen molar-refractivity contribution in [3.63, 3.8) is 0 Å². The van der Waals surface area contributed by atoms with Gasteiger partial charge < -0.3 is 15.4 Å². The van der Waals surface area contributed by atoms with Crippen LogP contribution in [0.15, 0.2) is 30.3 Å². The molecule has 2 aromatic heterocycles. The van der Waals surface area contributed by atoms with E-state index in [1.54, 1.807) is 6.92 Å². The normalized spacial score (nSPS) is 13.8. The monoisotopic (exact) mass is 335 g/mol. The van der Waals surface area contributed by atoms with Gasteiger partial charge in [-0.15, -0.1) is 0 Å². The number of aryl methyl sites for hydroxylation is 2. The Hall–Kier alpha value is -2.82. The summed E-state index contributed by atoms with van der Waals surface area (Å²) in [6.07, 6.45) is 4.16. The molecule has 3 aromatic rings. The molecule has 5 nitrogen and oxygen atoms in total. The molecule has 0 fully saturated rings. The van der Waals surface area contributed by atoms with Crippen molar-refractivity contribution in [2.75, 3.05) is 5.73 Å². The topological polar surface area (TPSA) is 81.1 Å². The Labute approximate surface area is 146 Å². The Balaban J connectivity index is 2.01. The number of hydrogen-bond acceptors (Lipinski definition) is 3. The first-order valence-electron chi connectivity index (χ1n) is 8.65. The van der Waals surface area contributed by atoms with Crippen LogP contribution in [0.4, 0.5) is 5.69 Å². The van der Waals surface area contributed by atoms with E-state index >= 15 is 0 Å². The highest BCUT2D eigenvalue weighted by atomic mass is 16.4. The number of rotatable bonds is 3. The van der Waals surface area contributed by atoms with Gasteiger partial charge in [-0.2, -0.15) is 0 Å². The van der Waals surface area contributed by atoms with Gasteiger partial charge in [0.15, 0.2) is 0 Å². The molecule has 5 heteroatoms. The molecule has 25 heavy (non-hydrogen) atoms. The number of anilines is 1. The molecule has 128 valence electrons. The Morgan fingerprint density at radius 2 is 1.96 bits per heavy atom. The molecule has 0 radical (unpaired) electrons. The predicted octanol–water partition coefficient (Wildman–Crippen LogP) is 3.55. The third kappa shape index (κ3) is 2.47. The minimum Gasteiger partial charge on any atom is -0.478 e. The fourth-order valence-electron chi connectivity index (χ4n) is 3.99. The molecule has 2 heterocycles. The van der Waals surface area contributed by atoms with E-state index in [9.17, 15) is 9.90 Å². The molecule has 0 amide bonds. The number of hydrogen-bond donors (Lipinski definition) is 2. The molecule has 0 atom stereocenters. The van der Waals surface area contributed by atoms with Crippen molar-refractivity contribution in [3.8, 4) is 0 Å². The second-order valence-corrected chi connectivity index (χ2v) is 6.69. The summed E-state index contributed by atoms with van der Waals surface area (Å²) in [7, 11) is 0. The van der Waals surface area contributed by atoms with Crippen molar-refractivity contribution in [2.45, 2.75) is 39.2 Å². The maximum atomic E-state index is 11.6. The number of aromatic nitrogens is 2. The van der Waals surface area contributed by atoms with E-state index in [1.807, 2.05) is 18.2 Å². The number of carboxylic acids is 1. The molecule has 0 aliphatic heterocycles.